The molecule has 1 aliphatic heterocycles. The van der Waals surface area contributed by atoms with Crippen LogP contribution < -0.4 is 10.6 Å². The Kier molecular flexibility index (Phi) is 5.41. The van der Waals surface area contributed by atoms with Gasteiger partial charge in [0.25, 0.3) is 0 Å². The summed E-state index contributed by atoms with van der Waals surface area (Å²) >= 11 is 0. The van der Waals surface area contributed by atoms with Gasteiger partial charge >= 0.3 is 6.18 Å². The van der Waals surface area contributed by atoms with E-state index in [2.05, 4.69) is 25.6 Å². The maximum Gasteiger partial charge on any atom is 0.416 e. The van der Waals surface area contributed by atoms with Gasteiger partial charge in [0.2, 0.25) is 5.95 Å². The highest BCUT2D eigenvalue weighted by molar-refractivity contribution is 5.50. The molecule has 1 saturated heterocycles. The van der Waals surface area contributed by atoms with E-state index in [0.717, 1.165) is 55.6 Å². The molecule has 0 spiro atoms. The van der Waals surface area contributed by atoms with Crippen LogP contribution in [0.25, 0.3) is 0 Å². The van der Waals surface area contributed by atoms with E-state index < -0.39 is 11.7 Å². The van der Waals surface area contributed by atoms with Gasteiger partial charge < -0.3 is 10.6 Å². The van der Waals surface area contributed by atoms with Gasteiger partial charge in [0.15, 0.2) is 0 Å². The Bertz CT molecular complexity index is 755. The SMILES string of the molecule is CC(C)c1cc(C2CCCNC2)nc(Nc2cc(C(F)(F)F)ccn2)n1. The zero-order valence-electron chi connectivity index (χ0n) is 14.8. The number of nitrogens with zero attached hydrogens (tertiary/aromatic N) is 3. The Labute approximate surface area is 150 Å². The molecule has 0 radical (unpaired) electrons. The molecule has 1 atom stereocenters. The lowest BCUT2D eigenvalue weighted by Gasteiger charge is -2.23. The third-order valence-electron chi connectivity index (χ3n) is 4.40. The van der Waals surface area contributed by atoms with Gasteiger partial charge in [-0.05, 0) is 43.5 Å². The summed E-state index contributed by atoms with van der Waals surface area (Å²) in [5.74, 6) is 0.819. The minimum atomic E-state index is -4.42. The van der Waals surface area contributed by atoms with Crippen molar-refractivity contribution in [2.75, 3.05) is 18.4 Å². The monoisotopic (exact) mass is 365 g/mol. The number of pyridine rings is 1. The molecule has 140 valence electrons. The first-order chi connectivity index (χ1) is 12.3. The number of aromatic nitrogens is 3. The fraction of sp³-hybridized carbons (Fsp3) is 0.500. The van der Waals surface area contributed by atoms with Gasteiger partial charge in [-0.25, -0.2) is 15.0 Å². The molecule has 0 aliphatic carbocycles. The molecular weight excluding hydrogens is 343 g/mol. The summed E-state index contributed by atoms with van der Waals surface area (Å²) in [6.45, 7) is 5.89. The number of anilines is 2. The molecule has 1 aliphatic rings. The van der Waals surface area contributed by atoms with Crippen LogP contribution in [0.2, 0.25) is 0 Å². The van der Waals surface area contributed by atoms with Gasteiger partial charge in [0.1, 0.15) is 5.82 Å². The number of halogens is 3. The van der Waals surface area contributed by atoms with E-state index in [1.54, 1.807) is 0 Å². The van der Waals surface area contributed by atoms with E-state index in [4.69, 9.17) is 0 Å². The topological polar surface area (TPSA) is 62.7 Å². The number of piperidine rings is 1. The van der Waals surface area contributed by atoms with Gasteiger partial charge in [0.05, 0.1) is 11.3 Å². The average Bonchev–Trinajstić information content (AvgIpc) is 2.61. The normalized spacial score (nSPS) is 18.2. The highest BCUT2D eigenvalue weighted by Crippen LogP contribution is 2.31. The third-order valence-corrected chi connectivity index (χ3v) is 4.40. The molecule has 2 N–H and O–H groups in total. The van der Waals surface area contributed by atoms with Crippen LogP contribution in [0.5, 0.6) is 0 Å². The fourth-order valence-electron chi connectivity index (χ4n) is 2.94. The Morgan fingerprint density at radius 2 is 2.04 bits per heavy atom. The molecule has 0 saturated carbocycles. The van der Waals surface area contributed by atoms with Crippen molar-refractivity contribution in [3.05, 3.63) is 41.3 Å². The van der Waals surface area contributed by atoms with Crippen molar-refractivity contribution in [1.82, 2.24) is 20.3 Å². The van der Waals surface area contributed by atoms with Crippen molar-refractivity contribution < 1.29 is 13.2 Å². The first kappa shape index (κ1) is 18.6. The van der Waals surface area contributed by atoms with E-state index >= 15 is 0 Å². The molecule has 5 nitrogen and oxygen atoms in total. The van der Waals surface area contributed by atoms with Crippen molar-refractivity contribution in [2.45, 2.75) is 44.7 Å². The predicted octanol–water partition coefficient (Wildman–Crippen LogP) is 4.22. The molecule has 3 heterocycles. The van der Waals surface area contributed by atoms with Gasteiger partial charge in [-0.1, -0.05) is 13.8 Å². The van der Waals surface area contributed by atoms with Crippen LogP contribution in [-0.4, -0.2) is 28.0 Å². The van der Waals surface area contributed by atoms with Crippen molar-refractivity contribution >= 4 is 11.8 Å². The van der Waals surface area contributed by atoms with E-state index in [9.17, 15) is 13.2 Å². The van der Waals surface area contributed by atoms with Crippen LogP contribution >= 0.6 is 0 Å². The van der Waals surface area contributed by atoms with Gasteiger partial charge in [-0.3, -0.25) is 0 Å². The third kappa shape index (κ3) is 4.49. The molecule has 0 bridgehead atoms. The molecule has 1 fully saturated rings. The fourth-order valence-corrected chi connectivity index (χ4v) is 2.94. The zero-order valence-corrected chi connectivity index (χ0v) is 14.8. The van der Waals surface area contributed by atoms with Crippen molar-refractivity contribution in [3.63, 3.8) is 0 Å². The predicted molar refractivity (Wildman–Crippen MR) is 93.5 cm³/mol. The van der Waals surface area contributed by atoms with Crippen molar-refractivity contribution in [2.24, 2.45) is 0 Å². The number of rotatable bonds is 4. The zero-order chi connectivity index (χ0) is 18.7. The number of hydrogen-bond acceptors (Lipinski definition) is 5. The number of alkyl halides is 3. The van der Waals surface area contributed by atoms with Gasteiger partial charge in [-0.2, -0.15) is 13.2 Å². The lowest BCUT2D eigenvalue weighted by molar-refractivity contribution is -0.137. The van der Waals surface area contributed by atoms with Crippen LogP contribution in [0.15, 0.2) is 24.4 Å². The van der Waals surface area contributed by atoms with Gasteiger partial charge in [0, 0.05) is 24.4 Å². The second-order valence-electron chi connectivity index (χ2n) is 6.79. The quantitative estimate of drug-likeness (QED) is 0.849. The minimum absolute atomic E-state index is 0.0773. The largest absolute Gasteiger partial charge is 0.416 e. The highest BCUT2D eigenvalue weighted by atomic mass is 19.4. The van der Waals surface area contributed by atoms with E-state index in [1.807, 2.05) is 19.9 Å². The second kappa shape index (κ2) is 7.57. The second-order valence-corrected chi connectivity index (χ2v) is 6.79. The van der Waals surface area contributed by atoms with Crippen molar-refractivity contribution in [1.29, 1.82) is 0 Å². The maximum atomic E-state index is 12.9. The lowest BCUT2D eigenvalue weighted by Crippen LogP contribution is -2.29. The minimum Gasteiger partial charge on any atom is -0.316 e. The molecule has 2 aromatic rings. The molecular formula is C18H22F3N5. The summed E-state index contributed by atoms with van der Waals surface area (Å²) in [6.07, 6.45) is -1.19. The molecule has 0 aromatic carbocycles. The number of hydrogen-bond donors (Lipinski definition) is 2. The van der Waals surface area contributed by atoms with E-state index in [-0.39, 0.29) is 23.6 Å². The van der Waals surface area contributed by atoms with Gasteiger partial charge in [-0.15, -0.1) is 0 Å². The summed E-state index contributed by atoms with van der Waals surface area (Å²) < 4.78 is 38.7. The molecule has 2 aromatic heterocycles. The first-order valence-corrected chi connectivity index (χ1v) is 8.73. The maximum absolute atomic E-state index is 12.9. The van der Waals surface area contributed by atoms with E-state index in [0.29, 0.717) is 0 Å². The molecule has 3 rings (SSSR count). The van der Waals surface area contributed by atoms with Crippen LogP contribution in [0, 0.1) is 0 Å². The van der Waals surface area contributed by atoms with Crippen LogP contribution in [0.1, 0.15) is 55.5 Å². The molecule has 8 heteroatoms. The summed E-state index contributed by atoms with van der Waals surface area (Å²) in [5.41, 5.74) is 1.01. The smallest absolute Gasteiger partial charge is 0.316 e. The molecule has 1 unspecified atom stereocenters. The lowest BCUT2D eigenvalue weighted by atomic mass is 9.94. The Morgan fingerprint density at radius 1 is 1.23 bits per heavy atom. The molecule has 26 heavy (non-hydrogen) atoms. The molecule has 0 amide bonds. The number of nitrogens with one attached hydrogen (secondary N) is 2. The summed E-state index contributed by atoms with van der Waals surface area (Å²) in [5, 5.41) is 6.19. The summed E-state index contributed by atoms with van der Waals surface area (Å²) in [6, 6.07) is 3.90. The standard InChI is InChI=1S/C18H22F3N5/c1-11(2)14-9-15(12-4-3-6-22-10-12)25-17(24-14)26-16-8-13(5-7-23-16)18(19,20)21/h5,7-9,11-12,22H,3-4,6,10H2,1-2H3,(H,23,24,25,26). The average molecular weight is 365 g/mol. The van der Waals surface area contributed by atoms with E-state index in [1.165, 1.54) is 0 Å². The Morgan fingerprint density at radius 3 is 2.69 bits per heavy atom. The summed E-state index contributed by atoms with van der Waals surface area (Å²) in [7, 11) is 0. The van der Waals surface area contributed by atoms with Crippen LogP contribution in [0.4, 0.5) is 24.9 Å². The Balaban J connectivity index is 1.90. The summed E-state index contributed by atoms with van der Waals surface area (Å²) in [4.78, 5) is 13.0. The first-order valence-electron chi connectivity index (χ1n) is 8.73. The van der Waals surface area contributed by atoms with Crippen LogP contribution in [-0.2, 0) is 6.18 Å². The van der Waals surface area contributed by atoms with Crippen molar-refractivity contribution in [3.8, 4) is 0 Å². The van der Waals surface area contributed by atoms with Crippen LogP contribution in [0.3, 0.4) is 0 Å². The highest BCUT2D eigenvalue weighted by Gasteiger charge is 2.30. The Hall–Kier alpha value is -2.22.